The van der Waals surface area contributed by atoms with Crippen LogP contribution in [0.15, 0.2) is 22.7 Å². The van der Waals surface area contributed by atoms with E-state index in [0.29, 0.717) is 5.69 Å². The Kier molecular flexibility index (Phi) is 3.55. The van der Waals surface area contributed by atoms with Crippen LogP contribution in [0.25, 0.3) is 0 Å². The Balaban J connectivity index is 2.81. The largest absolute Gasteiger partial charge is 0.398 e. The number of hydrogen-bond donors (Lipinski definition) is 2. The number of halogens is 1. The highest BCUT2D eigenvalue weighted by Crippen LogP contribution is 2.19. The van der Waals surface area contributed by atoms with Gasteiger partial charge in [-0.2, -0.15) is 0 Å². The fourth-order valence-electron chi connectivity index (χ4n) is 0.838. The summed E-state index contributed by atoms with van der Waals surface area (Å²) < 4.78 is 0.795. The molecule has 0 spiro atoms. The number of primary amides is 1. The second kappa shape index (κ2) is 4.68. The summed E-state index contributed by atoms with van der Waals surface area (Å²) in [5.41, 5.74) is 12.0. The van der Waals surface area contributed by atoms with Gasteiger partial charge in [-0.05, 0) is 34.1 Å². The first kappa shape index (κ1) is 10.6. The SMILES string of the molecule is NC(=O)CC#Cc1ccc(N)c(Br)c1. The lowest BCUT2D eigenvalue weighted by atomic mass is 10.2. The van der Waals surface area contributed by atoms with E-state index in [4.69, 9.17) is 11.5 Å². The number of carbonyl (C=O) groups is 1. The van der Waals surface area contributed by atoms with Gasteiger partial charge < -0.3 is 11.5 Å². The molecule has 0 bridgehead atoms. The predicted molar refractivity (Wildman–Crippen MR) is 59.2 cm³/mol. The van der Waals surface area contributed by atoms with Gasteiger partial charge in [0, 0.05) is 15.7 Å². The molecule has 0 unspecified atom stereocenters. The molecule has 0 saturated heterocycles. The molecule has 0 saturated carbocycles. The molecule has 3 nitrogen and oxygen atoms in total. The molecule has 0 aliphatic rings. The van der Waals surface area contributed by atoms with Crippen molar-refractivity contribution in [3.8, 4) is 11.8 Å². The van der Waals surface area contributed by atoms with E-state index in [1.165, 1.54) is 0 Å². The van der Waals surface area contributed by atoms with Crippen LogP contribution in [0.2, 0.25) is 0 Å². The van der Waals surface area contributed by atoms with Crippen LogP contribution in [0.1, 0.15) is 12.0 Å². The Hall–Kier alpha value is -1.47. The lowest BCUT2D eigenvalue weighted by Gasteiger charge is -1.96. The summed E-state index contributed by atoms with van der Waals surface area (Å²) in [5.74, 6) is 5.05. The Morgan fingerprint density at radius 1 is 1.50 bits per heavy atom. The Morgan fingerprint density at radius 3 is 2.79 bits per heavy atom. The number of benzene rings is 1. The second-order valence-electron chi connectivity index (χ2n) is 2.68. The summed E-state index contributed by atoms with van der Waals surface area (Å²) in [7, 11) is 0. The van der Waals surface area contributed by atoms with Crippen LogP contribution in [-0.4, -0.2) is 5.91 Å². The maximum absolute atomic E-state index is 10.4. The van der Waals surface area contributed by atoms with Crippen molar-refractivity contribution in [2.24, 2.45) is 5.73 Å². The fourth-order valence-corrected chi connectivity index (χ4v) is 1.22. The topological polar surface area (TPSA) is 69.1 Å². The van der Waals surface area contributed by atoms with Crippen molar-refractivity contribution in [1.82, 2.24) is 0 Å². The van der Waals surface area contributed by atoms with Gasteiger partial charge in [0.15, 0.2) is 0 Å². The predicted octanol–water partition coefficient (Wildman–Crippen LogP) is 1.26. The summed E-state index contributed by atoms with van der Waals surface area (Å²) in [6.45, 7) is 0. The highest BCUT2D eigenvalue weighted by atomic mass is 79.9. The molecule has 0 fully saturated rings. The number of rotatable bonds is 1. The van der Waals surface area contributed by atoms with E-state index in [1.807, 2.05) is 0 Å². The van der Waals surface area contributed by atoms with Gasteiger partial charge in [-0.1, -0.05) is 11.8 Å². The van der Waals surface area contributed by atoms with Gasteiger partial charge in [0.2, 0.25) is 5.91 Å². The first-order valence-electron chi connectivity index (χ1n) is 3.92. The highest BCUT2D eigenvalue weighted by Gasteiger charge is 1.94. The Bertz CT molecular complexity index is 418. The van der Waals surface area contributed by atoms with Gasteiger partial charge in [0.05, 0.1) is 6.42 Å². The summed E-state index contributed by atoms with van der Waals surface area (Å²) in [4.78, 5) is 10.4. The average Bonchev–Trinajstić information content (AvgIpc) is 2.10. The molecule has 1 aromatic rings. The molecule has 4 heteroatoms. The maximum Gasteiger partial charge on any atom is 0.229 e. The van der Waals surface area contributed by atoms with E-state index < -0.39 is 5.91 Å². The summed E-state index contributed by atoms with van der Waals surface area (Å²) in [6, 6.07) is 5.33. The van der Waals surface area contributed by atoms with Crippen LogP contribution in [-0.2, 0) is 4.79 Å². The molecule has 0 aliphatic heterocycles. The minimum atomic E-state index is -0.424. The molecule has 0 radical (unpaired) electrons. The smallest absolute Gasteiger partial charge is 0.229 e. The molecule has 72 valence electrons. The van der Waals surface area contributed by atoms with E-state index in [-0.39, 0.29) is 6.42 Å². The zero-order valence-electron chi connectivity index (χ0n) is 7.38. The molecule has 1 aromatic carbocycles. The molecule has 4 N–H and O–H groups in total. The monoisotopic (exact) mass is 252 g/mol. The van der Waals surface area contributed by atoms with E-state index in [1.54, 1.807) is 18.2 Å². The molecular weight excluding hydrogens is 244 g/mol. The van der Waals surface area contributed by atoms with Crippen molar-refractivity contribution in [2.75, 3.05) is 5.73 Å². The number of carbonyl (C=O) groups excluding carboxylic acids is 1. The third-order valence-corrected chi connectivity index (χ3v) is 2.18. The van der Waals surface area contributed by atoms with Crippen molar-refractivity contribution in [3.05, 3.63) is 28.2 Å². The summed E-state index contributed by atoms with van der Waals surface area (Å²) >= 11 is 3.28. The molecule has 0 aliphatic carbocycles. The van der Waals surface area contributed by atoms with Crippen molar-refractivity contribution in [2.45, 2.75) is 6.42 Å². The van der Waals surface area contributed by atoms with Gasteiger partial charge in [0.25, 0.3) is 0 Å². The first-order chi connectivity index (χ1) is 6.59. The summed E-state index contributed by atoms with van der Waals surface area (Å²) in [6.07, 6.45) is 0.0714. The highest BCUT2D eigenvalue weighted by molar-refractivity contribution is 9.10. The number of amides is 1. The van der Waals surface area contributed by atoms with Crippen molar-refractivity contribution >= 4 is 27.5 Å². The lowest BCUT2D eigenvalue weighted by Crippen LogP contribution is -2.08. The second-order valence-corrected chi connectivity index (χ2v) is 3.54. The van der Waals surface area contributed by atoms with E-state index in [9.17, 15) is 4.79 Å². The molecular formula is C10H9BrN2O. The van der Waals surface area contributed by atoms with Gasteiger partial charge in [-0.15, -0.1) is 0 Å². The lowest BCUT2D eigenvalue weighted by molar-refractivity contribution is -0.117. The van der Waals surface area contributed by atoms with Gasteiger partial charge >= 0.3 is 0 Å². The van der Waals surface area contributed by atoms with Crippen LogP contribution in [0.5, 0.6) is 0 Å². The minimum Gasteiger partial charge on any atom is -0.398 e. The Morgan fingerprint density at radius 2 is 2.21 bits per heavy atom. The number of anilines is 1. The molecule has 1 amide bonds. The van der Waals surface area contributed by atoms with Crippen LogP contribution in [0.3, 0.4) is 0 Å². The maximum atomic E-state index is 10.4. The van der Waals surface area contributed by atoms with E-state index in [2.05, 4.69) is 27.8 Å². The third kappa shape index (κ3) is 3.11. The minimum absolute atomic E-state index is 0.0714. The van der Waals surface area contributed by atoms with Gasteiger partial charge in [-0.25, -0.2) is 0 Å². The van der Waals surface area contributed by atoms with Crippen molar-refractivity contribution < 1.29 is 4.79 Å². The number of nitrogens with two attached hydrogens (primary N) is 2. The molecule has 1 rings (SSSR count). The van der Waals surface area contributed by atoms with Crippen molar-refractivity contribution in [1.29, 1.82) is 0 Å². The van der Waals surface area contributed by atoms with Crippen LogP contribution >= 0.6 is 15.9 Å². The number of hydrogen-bond acceptors (Lipinski definition) is 2. The van der Waals surface area contributed by atoms with E-state index in [0.717, 1.165) is 10.0 Å². The standard InChI is InChI=1S/C10H9BrN2O/c11-8-6-7(4-5-9(8)12)2-1-3-10(13)14/h4-6H,3,12H2,(H2,13,14). The van der Waals surface area contributed by atoms with Crippen molar-refractivity contribution in [3.63, 3.8) is 0 Å². The normalized spacial score (nSPS) is 8.93. The average molecular weight is 253 g/mol. The molecule has 0 aromatic heterocycles. The summed E-state index contributed by atoms with van der Waals surface area (Å²) in [5, 5.41) is 0. The molecule has 0 atom stereocenters. The van der Waals surface area contributed by atoms with Crippen LogP contribution in [0.4, 0.5) is 5.69 Å². The van der Waals surface area contributed by atoms with Gasteiger partial charge in [0.1, 0.15) is 0 Å². The van der Waals surface area contributed by atoms with Crippen LogP contribution < -0.4 is 11.5 Å². The number of nitrogen functional groups attached to an aromatic ring is 1. The van der Waals surface area contributed by atoms with Crippen LogP contribution in [0, 0.1) is 11.8 Å². The zero-order chi connectivity index (χ0) is 10.6. The third-order valence-electron chi connectivity index (χ3n) is 1.50. The fraction of sp³-hybridized carbons (Fsp3) is 0.100. The van der Waals surface area contributed by atoms with Gasteiger partial charge in [-0.3, -0.25) is 4.79 Å². The first-order valence-corrected chi connectivity index (χ1v) is 4.71. The van der Waals surface area contributed by atoms with E-state index >= 15 is 0 Å². The Labute approximate surface area is 90.6 Å². The molecule has 14 heavy (non-hydrogen) atoms. The quantitative estimate of drug-likeness (QED) is 0.584. The molecule has 0 heterocycles. The zero-order valence-corrected chi connectivity index (χ0v) is 8.97.